The summed E-state index contributed by atoms with van der Waals surface area (Å²) in [5.41, 5.74) is 0. The molecule has 0 spiro atoms. The fourth-order valence-electron chi connectivity index (χ4n) is 0.983. The number of hydrogen-bond donors (Lipinski definition) is 0. The van der Waals surface area contributed by atoms with Crippen LogP contribution in [0.3, 0.4) is 0 Å². The summed E-state index contributed by atoms with van der Waals surface area (Å²) in [6.45, 7) is 4.48. The molecule has 0 aliphatic carbocycles. The number of benzene rings is 1. The Kier molecular flexibility index (Phi) is 4.60. The zero-order chi connectivity index (χ0) is 8.81. The number of hydrogen-bond acceptors (Lipinski definition) is 1. The maximum absolute atomic E-state index is 5.92. The molecule has 0 radical (unpaired) electrons. The van der Waals surface area contributed by atoms with Crippen LogP contribution >= 0.6 is 0 Å². The average Bonchev–Trinajstić information content (AvgIpc) is 2.16. The van der Waals surface area contributed by atoms with Gasteiger partial charge in [-0.05, 0) is 0 Å². The standard InChI is InChI=1S/C6H6O.2C2H5.Bi/c7-6-4-2-1-3-5-6;2*1-2;/h1-5,7H;2*1H2,2H3;/q;;;+1/p-1. The first-order valence-corrected chi connectivity index (χ1v) is 10.7. The predicted molar refractivity (Wildman–Crippen MR) is 53.8 cm³/mol. The summed E-state index contributed by atoms with van der Waals surface area (Å²) in [5.74, 6) is 1.07. The molecule has 0 atom stereocenters. The number of rotatable bonds is 4. The van der Waals surface area contributed by atoms with Crippen molar-refractivity contribution in [2.75, 3.05) is 0 Å². The van der Waals surface area contributed by atoms with Gasteiger partial charge in [0.05, 0.1) is 0 Å². The van der Waals surface area contributed by atoms with E-state index in [1.165, 1.54) is 8.26 Å². The van der Waals surface area contributed by atoms with Crippen LogP contribution in [0.15, 0.2) is 30.3 Å². The van der Waals surface area contributed by atoms with Crippen molar-refractivity contribution in [3.63, 3.8) is 0 Å². The SMILES string of the molecule is C[CH2][Bi]([CH2]C)[O]c1ccccc1. The first-order valence-electron chi connectivity index (χ1n) is 4.34. The normalized spacial score (nSPS) is 10.2. The van der Waals surface area contributed by atoms with Gasteiger partial charge in [-0.25, -0.2) is 0 Å². The zero-order valence-corrected chi connectivity index (χ0v) is 11.1. The van der Waals surface area contributed by atoms with Crippen LogP contribution < -0.4 is 2.81 Å². The maximum atomic E-state index is 5.92. The van der Waals surface area contributed by atoms with Crippen molar-refractivity contribution < 1.29 is 2.81 Å². The molecule has 0 heterocycles. The fraction of sp³-hybridized carbons (Fsp3) is 0.400. The molecule has 1 aromatic carbocycles. The van der Waals surface area contributed by atoms with Gasteiger partial charge in [-0.1, -0.05) is 0 Å². The second-order valence-corrected chi connectivity index (χ2v) is 11.9. The Bertz CT molecular complexity index is 206. The van der Waals surface area contributed by atoms with Crippen LogP contribution in [0.5, 0.6) is 5.75 Å². The van der Waals surface area contributed by atoms with E-state index in [1.54, 1.807) is 0 Å². The van der Waals surface area contributed by atoms with E-state index in [0.29, 0.717) is 0 Å². The topological polar surface area (TPSA) is 9.23 Å². The van der Waals surface area contributed by atoms with Gasteiger partial charge in [0, 0.05) is 0 Å². The summed E-state index contributed by atoms with van der Waals surface area (Å²) in [5, 5.41) is 0. The summed E-state index contributed by atoms with van der Waals surface area (Å²) < 4.78 is 8.47. The van der Waals surface area contributed by atoms with Crippen LogP contribution in [0.25, 0.3) is 0 Å². The first kappa shape index (κ1) is 9.99. The molecule has 0 amide bonds. The Morgan fingerprint density at radius 1 is 1.08 bits per heavy atom. The van der Waals surface area contributed by atoms with Gasteiger partial charge in [0.15, 0.2) is 0 Å². The van der Waals surface area contributed by atoms with Crippen molar-refractivity contribution >= 4 is 22.2 Å². The van der Waals surface area contributed by atoms with E-state index in [-0.39, 0.29) is 0 Å². The fourth-order valence-corrected chi connectivity index (χ4v) is 5.36. The van der Waals surface area contributed by atoms with Crippen molar-refractivity contribution in [1.29, 1.82) is 0 Å². The van der Waals surface area contributed by atoms with Crippen LogP contribution in [-0.4, -0.2) is 22.2 Å². The second kappa shape index (κ2) is 5.53. The van der Waals surface area contributed by atoms with Gasteiger partial charge in [-0.15, -0.1) is 0 Å². The molecule has 0 aliphatic rings. The molecular formula is C10H15BiO. The molecule has 0 unspecified atom stereocenters. The van der Waals surface area contributed by atoms with Crippen LogP contribution in [0, 0.1) is 0 Å². The van der Waals surface area contributed by atoms with E-state index in [9.17, 15) is 0 Å². The monoisotopic (exact) mass is 360 g/mol. The number of para-hydroxylation sites is 1. The van der Waals surface area contributed by atoms with E-state index in [2.05, 4.69) is 13.8 Å². The van der Waals surface area contributed by atoms with Gasteiger partial charge >= 0.3 is 83.2 Å². The molecule has 0 saturated heterocycles. The zero-order valence-electron chi connectivity index (χ0n) is 7.66. The molecular weight excluding hydrogens is 345 g/mol. The molecule has 0 aliphatic heterocycles. The summed E-state index contributed by atoms with van der Waals surface area (Å²) in [6.07, 6.45) is 0. The van der Waals surface area contributed by atoms with E-state index >= 15 is 0 Å². The van der Waals surface area contributed by atoms with Gasteiger partial charge in [0.2, 0.25) is 0 Å². The van der Waals surface area contributed by atoms with Gasteiger partial charge in [0.25, 0.3) is 0 Å². The minimum absolute atomic E-state index is 1.07. The molecule has 0 N–H and O–H groups in total. The molecule has 0 bridgehead atoms. The van der Waals surface area contributed by atoms with Crippen LogP contribution in [0.4, 0.5) is 0 Å². The summed E-state index contributed by atoms with van der Waals surface area (Å²) >= 11 is -1.52. The Morgan fingerprint density at radius 3 is 2.17 bits per heavy atom. The average molecular weight is 360 g/mol. The molecule has 1 rings (SSSR count). The third-order valence-corrected chi connectivity index (χ3v) is 8.99. The van der Waals surface area contributed by atoms with E-state index in [4.69, 9.17) is 2.81 Å². The molecule has 66 valence electrons. The van der Waals surface area contributed by atoms with Crippen molar-refractivity contribution in [1.82, 2.24) is 0 Å². The van der Waals surface area contributed by atoms with Gasteiger partial charge in [-0.3, -0.25) is 0 Å². The van der Waals surface area contributed by atoms with Crippen molar-refractivity contribution in [2.45, 2.75) is 22.1 Å². The molecule has 1 nitrogen and oxygen atoms in total. The Morgan fingerprint density at radius 2 is 1.67 bits per heavy atom. The summed E-state index contributed by atoms with van der Waals surface area (Å²) in [7, 11) is 0. The van der Waals surface area contributed by atoms with Crippen molar-refractivity contribution in [3.8, 4) is 5.75 Å². The third kappa shape index (κ3) is 3.10. The van der Waals surface area contributed by atoms with Crippen molar-refractivity contribution in [3.05, 3.63) is 30.3 Å². The van der Waals surface area contributed by atoms with Crippen LogP contribution in [-0.2, 0) is 0 Å². The van der Waals surface area contributed by atoms with E-state index in [1.807, 2.05) is 30.3 Å². The van der Waals surface area contributed by atoms with Crippen molar-refractivity contribution in [2.24, 2.45) is 0 Å². The molecule has 0 fully saturated rings. The molecule has 2 heteroatoms. The Labute approximate surface area is 83.0 Å². The Balaban J connectivity index is 2.51. The molecule has 1 aromatic rings. The second-order valence-electron chi connectivity index (χ2n) is 2.52. The first-order chi connectivity index (χ1) is 5.86. The molecule has 0 saturated carbocycles. The van der Waals surface area contributed by atoms with Gasteiger partial charge in [0.1, 0.15) is 0 Å². The summed E-state index contributed by atoms with van der Waals surface area (Å²) in [4.78, 5) is 0. The molecule has 0 aromatic heterocycles. The van der Waals surface area contributed by atoms with Gasteiger partial charge in [-0.2, -0.15) is 0 Å². The predicted octanol–water partition coefficient (Wildman–Crippen LogP) is 3.10. The quantitative estimate of drug-likeness (QED) is 0.750. The van der Waals surface area contributed by atoms with Crippen LogP contribution in [0.2, 0.25) is 8.26 Å². The summed E-state index contributed by atoms with van der Waals surface area (Å²) in [6, 6.07) is 10.2. The van der Waals surface area contributed by atoms with E-state index < -0.39 is 22.2 Å². The van der Waals surface area contributed by atoms with Gasteiger partial charge < -0.3 is 0 Å². The van der Waals surface area contributed by atoms with Crippen LogP contribution in [0.1, 0.15) is 13.8 Å². The minimum atomic E-state index is -1.52. The van der Waals surface area contributed by atoms with E-state index in [0.717, 1.165) is 5.75 Å². The Hall–Kier alpha value is -0.0969. The molecule has 12 heavy (non-hydrogen) atoms. The third-order valence-electron chi connectivity index (χ3n) is 1.68.